The molecule has 1 saturated heterocycles. The van der Waals surface area contributed by atoms with E-state index in [-0.39, 0.29) is 0 Å². The Kier molecular flexibility index (Phi) is 6.63. The molecule has 2 aromatic rings. The van der Waals surface area contributed by atoms with Gasteiger partial charge in [0.2, 0.25) is 6.41 Å². The maximum Gasteiger partial charge on any atom is 0.212 e. The predicted molar refractivity (Wildman–Crippen MR) is 90.7 cm³/mol. The van der Waals surface area contributed by atoms with Gasteiger partial charge in [-0.1, -0.05) is 11.9 Å². The molecule has 3 N–H and O–H groups in total. The molecular weight excluding hydrogens is 300 g/mol. The molecule has 0 saturated carbocycles. The van der Waals surface area contributed by atoms with Crippen molar-refractivity contribution in [1.82, 2.24) is 24.6 Å². The second kappa shape index (κ2) is 8.72. The quantitative estimate of drug-likeness (QED) is 0.569. The molecule has 0 radical (unpaired) electrons. The summed E-state index contributed by atoms with van der Waals surface area (Å²) in [4.78, 5) is 21.1. The number of aromatic nitrogens is 3. The van der Waals surface area contributed by atoms with Gasteiger partial charge in [-0.15, -0.1) is 0 Å². The number of hydrogen-bond acceptors (Lipinski definition) is 6. The summed E-state index contributed by atoms with van der Waals surface area (Å²) in [7, 11) is 2.03. The fourth-order valence-electron chi connectivity index (χ4n) is 2.38. The molecule has 7 nitrogen and oxygen atoms in total. The van der Waals surface area contributed by atoms with Gasteiger partial charge in [0.05, 0.1) is 6.20 Å². The molecule has 0 aromatic carbocycles. The first-order chi connectivity index (χ1) is 10.8. The fraction of sp³-hybridized carbons (Fsp3) is 0.500. The zero-order valence-electron chi connectivity index (χ0n) is 12.9. The van der Waals surface area contributed by atoms with Gasteiger partial charge in [0.25, 0.3) is 0 Å². The van der Waals surface area contributed by atoms with Crippen LogP contribution < -0.4 is 10.6 Å². The summed E-state index contributed by atoms with van der Waals surface area (Å²) in [6, 6.07) is 1.79. The van der Waals surface area contributed by atoms with E-state index in [1.54, 1.807) is 12.3 Å². The molecule has 22 heavy (non-hydrogen) atoms. The third-order valence-electron chi connectivity index (χ3n) is 3.47. The molecule has 120 valence electrons. The zero-order chi connectivity index (χ0) is 15.8. The van der Waals surface area contributed by atoms with Crippen molar-refractivity contribution >= 4 is 35.3 Å². The van der Waals surface area contributed by atoms with E-state index in [2.05, 4.69) is 36.1 Å². The third kappa shape index (κ3) is 4.69. The van der Waals surface area contributed by atoms with E-state index in [0.29, 0.717) is 17.9 Å². The first kappa shape index (κ1) is 16.7. The van der Waals surface area contributed by atoms with Crippen molar-refractivity contribution in [3.05, 3.63) is 18.5 Å². The Balaban J connectivity index is 0.000000164. The minimum atomic E-state index is 0.456. The second-order valence-electron chi connectivity index (χ2n) is 5.01. The van der Waals surface area contributed by atoms with Gasteiger partial charge in [-0.25, -0.2) is 9.97 Å². The van der Waals surface area contributed by atoms with E-state index in [4.69, 9.17) is 0 Å². The van der Waals surface area contributed by atoms with Crippen molar-refractivity contribution in [1.29, 1.82) is 0 Å². The van der Waals surface area contributed by atoms with Gasteiger partial charge >= 0.3 is 0 Å². The average molecular weight is 322 g/mol. The van der Waals surface area contributed by atoms with Gasteiger partial charge in [-0.3, -0.25) is 9.10 Å². The lowest BCUT2D eigenvalue weighted by Gasteiger charge is -2.10. The molecule has 0 bridgehead atoms. The number of anilines is 1. The first-order valence-corrected chi connectivity index (χ1v) is 8.39. The molecule has 3 heterocycles. The molecule has 3 rings (SSSR count). The number of nitrogens with zero attached hydrogens (tertiary/aromatic N) is 3. The van der Waals surface area contributed by atoms with Gasteiger partial charge < -0.3 is 15.6 Å². The lowest BCUT2D eigenvalue weighted by Crippen LogP contribution is -2.20. The van der Waals surface area contributed by atoms with Crippen LogP contribution in [0.25, 0.3) is 11.2 Å². The van der Waals surface area contributed by atoms with Crippen LogP contribution in [-0.2, 0) is 4.79 Å². The Morgan fingerprint density at radius 2 is 2.45 bits per heavy atom. The van der Waals surface area contributed by atoms with Crippen LogP contribution in [0.4, 0.5) is 5.82 Å². The summed E-state index contributed by atoms with van der Waals surface area (Å²) >= 11 is 1.87. The number of hydrogen-bond donors (Lipinski definition) is 3. The number of carbonyl (C=O) groups excluding carboxylic acids is 1. The Labute approximate surface area is 134 Å². The highest BCUT2D eigenvalue weighted by Gasteiger charge is 2.20. The van der Waals surface area contributed by atoms with Crippen LogP contribution in [-0.4, -0.2) is 58.6 Å². The second-order valence-corrected chi connectivity index (χ2v) is 5.89. The van der Waals surface area contributed by atoms with Crippen molar-refractivity contribution in [2.75, 3.05) is 38.3 Å². The molecule has 8 heteroatoms. The fourth-order valence-corrected chi connectivity index (χ4v) is 3.03. The van der Waals surface area contributed by atoms with Crippen LogP contribution in [0, 0.1) is 5.92 Å². The van der Waals surface area contributed by atoms with Gasteiger partial charge in [-0.05, 0) is 38.3 Å². The molecule has 2 aromatic heterocycles. The molecule has 1 atom stereocenters. The molecule has 0 aliphatic carbocycles. The lowest BCUT2D eigenvalue weighted by molar-refractivity contribution is -0.105. The predicted octanol–water partition coefficient (Wildman–Crippen LogP) is 1.33. The highest BCUT2D eigenvalue weighted by atomic mass is 32.2. The number of H-pyrrole nitrogens is 1. The summed E-state index contributed by atoms with van der Waals surface area (Å²) in [6.07, 6.45) is 7.33. The van der Waals surface area contributed by atoms with Crippen molar-refractivity contribution in [3.63, 3.8) is 0 Å². The largest absolute Gasteiger partial charge is 0.345 e. The van der Waals surface area contributed by atoms with Crippen LogP contribution in [0.5, 0.6) is 0 Å². The summed E-state index contributed by atoms with van der Waals surface area (Å²) in [6.45, 7) is 3.71. The van der Waals surface area contributed by atoms with Crippen LogP contribution in [0.15, 0.2) is 18.5 Å². The van der Waals surface area contributed by atoms with E-state index in [9.17, 15) is 4.79 Å². The third-order valence-corrected chi connectivity index (χ3v) is 4.32. The standard InChI is InChI=1S/C7H6N4O.C7H16N2S/c12-4-10-6-3-9-7-5(11-6)1-2-8-7;1-8-5-7-3-4-9(6-7)10-2/h1-4H,(H,8,9)(H,10,11,12);7-8H,3-6H2,1-2H3. The highest BCUT2D eigenvalue weighted by molar-refractivity contribution is 7.96. The molecule has 1 aliphatic rings. The minimum Gasteiger partial charge on any atom is -0.345 e. The van der Waals surface area contributed by atoms with E-state index in [0.717, 1.165) is 11.4 Å². The van der Waals surface area contributed by atoms with Crippen LogP contribution in [0.3, 0.4) is 0 Å². The summed E-state index contributed by atoms with van der Waals surface area (Å²) in [5, 5.41) is 5.64. The Hall–Kier alpha value is -1.64. The summed E-state index contributed by atoms with van der Waals surface area (Å²) in [5.41, 5.74) is 1.45. The number of fused-ring (bicyclic) bond motifs is 1. The molecule has 1 fully saturated rings. The number of amides is 1. The first-order valence-electron chi connectivity index (χ1n) is 7.20. The van der Waals surface area contributed by atoms with Gasteiger partial charge in [-0.2, -0.15) is 0 Å². The Morgan fingerprint density at radius 3 is 3.14 bits per heavy atom. The minimum absolute atomic E-state index is 0.456. The summed E-state index contributed by atoms with van der Waals surface area (Å²) in [5.74, 6) is 1.34. The van der Waals surface area contributed by atoms with E-state index in [1.165, 1.54) is 32.3 Å². The van der Waals surface area contributed by atoms with Crippen molar-refractivity contribution in [2.45, 2.75) is 6.42 Å². The lowest BCUT2D eigenvalue weighted by atomic mass is 10.1. The molecule has 1 aliphatic heterocycles. The zero-order valence-corrected chi connectivity index (χ0v) is 13.7. The van der Waals surface area contributed by atoms with Crippen LogP contribution in [0.1, 0.15) is 6.42 Å². The number of carbonyl (C=O) groups is 1. The van der Waals surface area contributed by atoms with Crippen LogP contribution in [0.2, 0.25) is 0 Å². The normalized spacial score (nSPS) is 18.0. The Bertz CT molecular complexity index is 589. The van der Waals surface area contributed by atoms with Crippen molar-refractivity contribution in [3.8, 4) is 0 Å². The molecule has 1 unspecified atom stereocenters. The highest BCUT2D eigenvalue weighted by Crippen LogP contribution is 2.20. The topological polar surface area (TPSA) is 85.9 Å². The number of aromatic amines is 1. The van der Waals surface area contributed by atoms with Gasteiger partial charge in [0.15, 0.2) is 11.5 Å². The van der Waals surface area contributed by atoms with E-state index in [1.807, 2.05) is 19.0 Å². The monoisotopic (exact) mass is 322 g/mol. The molecule has 1 amide bonds. The maximum atomic E-state index is 10.1. The van der Waals surface area contributed by atoms with E-state index < -0.39 is 0 Å². The summed E-state index contributed by atoms with van der Waals surface area (Å²) < 4.78 is 2.43. The number of rotatable bonds is 5. The number of nitrogens with one attached hydrogen (secondary N) is 3. The van der Waals surface area contributed by atoms with Crippen molar-refractivity contribution in [2.24, 2.45) is 5.92 Å². The average Bonchev–Trinajstić information content (AvgIpc) is 3.17. The Morgan fingerprint density at radius 1 is 1.59 bits per heavy atom. The van der Waals surface area contributed by atoms with Crippen molar-refractivity contribution < 1.29 is 4.79 Å². The van der Waals surface area contributed by atoms with Gasteiger partial charge in [0, 0.05) is 19.3 Å². The van der Waals surface area contributed by atoms with E-state index >= 15 is 0 Å². The SMILES string of the molecule is CNCC1CCN(SC)C1.O=CNc1cnc2[nH]ccc2n1. The van der Waals surface area contributed by atoms with Crippen LogP contribution >= 0.6 is 11.9 Å². The molecule has 0 spiro atoms. The van der Waals surface area contributed by atoms with Gasteiger partial charge in [0.1, 0.15) is 5.52 Å². The smallest absolute Gasteiger partial charge is 0.212 e. The maximum absolute atomic E-state index is 10.1. The molecular formula is C14H22N6OS.